The molecule has 1 aromatic heterocycles. The molecule has 0 aliphatic carbocycles. The summed E-state index contributed by atoms with van der Waals surface area (Å²) in [7, 11) is 0. The predicted octanol–water partition coefficient (Wildman–Crippen LogP) is 2.26. The molecule has 0 fully saturated rings. The lowest BCUT2D eigenvalue weighted by atomic mass is 10.2. The van der Waals surface area contributed by atoms with Crippen LogP contribution in [-0.2, 0) is 24.4 Å². The monoisotopic (exact) mass is 294 g/mol. The van der Waals surface area contributed by atoms with Gasteiger partial charge in [0.25, 0.3) is 0 Å². The number of nitrogens with zero attached hydrogens (tertiary/aromatic N) is 3. The molecule has 0 aliphatic rings. The number of benzene rings is 1. The van der Waals surface area contributed by atoms with Gasteiger partial charge >= 0.3 is 0 Å². The molecule has 0 bridgehead atoms. The molecule has 5 nitrogen and oxygen atoms in total. The zero-order valence-corrected chi connectivity index (χ0v) is 12.3. The maximum atomic E-state index is 5.83. The molecule has 0 aliphatic heterocycles. The Hall–Kier alpha value is -1.43. The molecular weight excluding hydrogens is 276 g/mol. The minimum atomic E-state index is 0.579. The van der Waals surface area contributed by atoms with Crippen LogP contribution in [0.2, 0.25) is 5.02 Å². The lowest BCUT2D eigenvalue weighted by Gasteiger charge is -2.04. The summed E-state index contributed by atoms with van der Waals surface area (Å²) in [6.07, 6.45) is 1.94. The molecule has 0 saturated heterocycles. The largest absolute Gasteiger partial charge is 0.375 e. The average Bonchev–Trinajstić information content (AvgIpc) is 2.91. The van der Waals surface area contributed by atoms with Gasteiger partial charge in [-0.2, -0.15) is 0 Å². The van der Waals surface area contributed by atoms with Gasteiger partial charge < -0.3 is 10.1 Å². The molecule has 6 heteroatoms. The summed E-state index contributed by atoms with van der Waals surface area (Å²) in [5, 5.41) is 12.1. The minimum absolute atomic E-state index is 0.579. The Bertz CT molecular complexity index is 512. The van der Waals surface area contributed by atoms with Crippen LogP contribution in [0, 0.1) is 0 Å². The Morgan fingerprint density at radius 2 is 2.10 bits per heavy atom. The van der Waals surface area contributed by atoms with Crippen LogP contribution in [0.5, 0.6) is 0 Å². The first kappa shape index (κ1) is 15.0. The zero-order valence-electron chi connectivity index (χ0n) is 11.6. The van der Waals surface area contributed by atoms with E-state index >= 15 is 0 Å². The van der Waals surface area contributed by atoms with E-state index in [4.69, 9.17) is 16.3 Å². The number of ether oxygens (including phenoxy) is 1. The van der Waals surface area contributed by atoms with E-state index in [1.54, 1.807) is 4.68 Å². The number of hydrogen-bond acceptors (Lipinski definition) is 4. The van der Waals surface area contributed by atoms with Crippen molar-refractivity contribution in [3.05, 3.63) is 46.7 Å². The van der Waals surface area contributed by atoms with Crippen molar-refractivity contribution in [2.45, 2.75) is 26.6 Å². The zero-order chi connectivity index (χ0) is 14.2. The summed E-state index contributed by atoms with van der Waals surface area (Å²) in [5.41, 5.74) is 2.06. The Morgan fingerprint density at radius 1 is 1.30 bits per heavy atom. The first-order valence-electron chi connectivity index (χ1n) is 6.70. The van der Waals surface area contributed by atoms with E-state index in [9.17, 15) is 0 Å². The van der Waals surface area contributed by atoms with E-state index in [2.05, 4.69) is 22.6 Å². The van der Waals surface area contributed by atoms with Crippen molar-refractivity contribution in [1.82, 2.24) is 20.3 Å². The highest BCUT2D eigenvalue weighted by molar-refractivity contribution is 6.30. The summed E-state index contributed by atoms with van der Waals surface area (Å²) >= 11 is 5.83. The molecule has 0 unspecified atom stereocenters. The Kier molecular flexibility index (Phi) is 5.98. The molecule has 1 N–H and O–H groups in total. The molecule has 0 atom stereocenters. The van der Waals surface area contributed by atoms with E-state index < -0.39 is 0 Å². The summed E-state index contributed by atoms with van der Waals surface area (Å²) in [4.78, 5) is 0. The highest BCUT2D eigenvalue weighted by Gasteiger charge is 2.00. The van der Waals surface area contributed by atoms with Crippen molar-refractivity contribution in [2.75, 3.05) is 13.2 Å². The van der Waals surface area contributed by atoms with Gasteiger partial charge in [0, 0.05) is 17.8 Å². The quantitative estimate of drug-likeness (QED) is 0.759. The first-order chi connectivity index (χ1) is 9.78. The van der Waals surface area contributed by atoms with Crippen LogP contribution < -0.4 is 5.32 Å². The molecule has 2 aromatic rings. The third-order valence-electron chi connectivity index (χ3n) is 2.79. The van der Waals surface area contributed by atoms with Gasteiger partial charge in [0.05, 0.1) is 25.5 Å². The maximum absolute atomic E-state index is 5.83. The molecule has 0 radical (unpaired) electrons. The van der Waals surface area contributed by atoms with Crippen LogP contribution in [0.1, 0.15) is 18.2 Å². The fourth-order valence-corrected chi connectivity index (χ4v) is 1.84. The highest BCUT2D eigenvalue weighted by Crippen LogP contribution is 2.10. The van der Waals surface area contributed by atoms with Crippen LogP contribution in [0.4, 0.5) is 0 Å². The van der Waals surface area contributed by atoms with E-state index in [0.29, 0.717) is 19.8 Å². The smallest absolute Gasteiger partial charge is 0.0964 e. The molecule has 108 valence electrons. The number of nitrogens with one attached hydrogen (secondary N) is 1. The topological polar surface area (TPSA) is 52.0 Å². The standard InChI is InChI=1S/C14H19ClN4O/c1-2-16-9-14-10-19(18-17-14)7-8-20-11-12-3-5-13(15)6-4-12/h3-6,10,16H,2,7-9,11H2,1H3. The SMILES string of the molecule is CCNCc1cn(CCOCc2ccc(Cl)cc2)nn1. The second-order valence-corrected chi connectivity index (χ2v) is 4.87. The van der Waals surface area contributed by atoms with Gasteiger partial charge in [0.1, 0.15) is 0 Å². The number of rotatable bonds is 8. The van der Waals surface area contributed by atoms with E-state index in [0.717, 1.165) is 29.4 Å². The Labute approximate surface area is 123 Å². The van der Waals surface area contributed by atoms with E-state index in [1.807, 2.05) is 30.5 Å². The van der Waals surface area contributed by atoms with Gasteiger partial charge in [-0.15, -0.1) is 5.10 Å². The predicted molar refractivity (Wildman–Crippen MR) is 78.5 cm³/mol. The first-order valence-corrected chi connectivity index (χ1v) is 7.07. The normalized spacial score (nSPS) is 10.9. The van der Waals surface area contributed by atoms with Crippen LogP contribution in [-0.4, -0.2) is 28.1 Å². The third kappa shape index (κ3) is 4.92. The lowest BCUT2D eigenvalue weighted by Crippen LogP contribution is -2.11. The van der Waals surface area contributed by atoms with Crippen LogP contribution >= 0.6 is 11.6 Å². The summed E-state index contributed by atoms with van der Waals surface area (Å²) in [6, 6.07) is 7.66. The van der Waals surface area contributed by atoms with E-state index in [-0.39, 0.29) is 0 Å². The molecule has 1 heterocycles. The second kappa shape index (κ2) is 7.99. The fourth-order valence-electron chi connectivity index (χ4n) is 1.71. The van der Waals surface area contributed by atoms with Crippen molar-refractivity contribution in [1.29, 1.82) is 0 Å². The van der Waals surface area contributed by atoms with E-state index in [1.165, 1.54) is 0 Å². The second-order valence-electron chi connectivity index (χ2n) is 4.43. The highest BCUT2D eigenvalue weighted by atomic mass is 35.5. The Balaban J connectivity index is 1.67. The van der Waals surface area contributed by atoms with Gasteiger partial charge in [0.2, 0.25) is 0 Å². The van der Waals surface area contributed by atoms with Gasteiger partial charge in [-0.05, 0) is 24.2 Å². The molecule has 0 saturated carbocycles. The number of hydrogen-bond donors (Lipinski definition) is 1. The Morgan fingerprint density at radius 3 is 2.85 bits per heavy atom. The number of aromatic nitrogens is 3. The van der Waals surface area contributed by atoms with Crippen LogP contribution in [0.3, 0.4) is 0 Å². The van der Waals surface area contributed by atoms with Crippen molar-refractivity contribution in [2.24, 2.45) is 0 Å². The van der Waals surface area contributed by atoms with Crippen LogP contribution in [0.15, 0.2) is 30.5 Å². The molecular formula is C14H19ClN4O. The van der Waals surface area contributed by atoms with Gasteiger partial charge in [0.15, 0.2) is 0 Å². The minimum Gasteiger partial charge on any atom is -0.375 e. The van der Waals surface area contributed by atoms with Crippen molar-refractivity contribution < 1.29 is 4.74 Å². The maximum Gasteiger partial charge on any atom is 0.0964 e. The molecule has 0 spiro atoms. The van der Waals surface area contributed by atoms with Crippen molar-refractivity contribution in [3.8, 4) is 0 Å². The third-order valence-corrected chi connectivity index (χ3v) is 3.04. The molecule has 0 amide bonds. The lowest BCUT2D eigenvalue weighted by molar-refractivity contribution is 0.110. The van der Waals surface area contributed by atoms with Gasteiger partial charge in [-0.25, -0.2) is 4.68 Å². The van der Waals surface area contributed by atoms with Gasteiger partial charge in [-0.3, -0.25) is 0 Å². The van der Waals surface area contributed by atoms with Crippen LogP contribution in [0.25, 0.3) is 0 Å². The fraction of sp³-hybridized carbons (Fsp3) is 0.429. The summed E-state index contributed by atoms with van der Waals surface area (Å²) in [5.74, 6) is 0. The molecule has 2 rings (SSSR count). The van der Waals surface area contributed by atoms with Gasteiger partial charge in [-0.1, -0.05) is 35.9 Å². The summed E-state index contributed by atoms with van der Waals surface area (Å²) in [6.45, 7) is 5.63. The average molecular weight is 295 g/mol. The molecule has 1 aromatic carbocycles. The van der Waals surface area contributed by atoms with Crippen molar-refractivity contribution in [3.63, 3.8) is 0 Å². The van der Waals surface area contributed by atoms with Crippen molar-refractivity contribution >= 4 is 11.6 Å². The summed E-state index contributed by atoms with van der Waals surface area (Å²) < 4.78 is 7.41. The molecule has 20 heavy (non-hydrogen) atoms. The number of halogens is 1.